The minimum Gasteiger partial charge on any atom is -0.496 e. The van der Waals surface area contributed by atoms with Crippen molar-refractivity contribution in [1.29, 1.82) is 0 Å². The third-order valence-corrected chi connectivity index (χ3v) is 2.40. The smallest absolute Gasteiger partial charge is 0.331 e. The fraction of sp³-hybridized carbons (Fsp3) is 0.357. The van der Waals surface area contributed by atoms with Crippen molar-refractivity contribution in [2.45, 2.75) is 20.8 Å². The van der Waals surface area contributed by atoms with Crippen LogP contribution in [0.5, 0.6) is 5.75 Å². The van der Waals surface area contributed by atoms with Gasteiger partial charge in [0.2, 0.25) is 0 Å². The maximum Gasteiger partial charge on any atom is 0.331 e. The van der Waals surface area contributed by atoms with Gasteiger partial charge in [-0.1, -0.05) is 12.1 Å². The zero-order valence-electron chi connectivity index (χ0n) is 10.7. The van der Waals surface area contributed by atoms with Crippen LogP contribution >= 0.6 is 0 Å². The number of benzene rings is 1. The lowest BCUT2D eigenvalue weighted by Crippen LogP contribution is -2.00. The molecule has 0 N–H and O–H groups in total. The lowest BCUT2D eigenvalue weighted by molar-refractivity contribution is -0.137. The van der Waals surface area contributed by atoms with Crippen LogP contribution in [0.15, 0.2) is 24.3 Å². The maximum atomic E-state index is 11.4. The highest BCUT2D eigenvalue weighted by atomic mass is 16.5. The Morgan fingerprint density at radius 3 is 2.71 bits per heavy atom. The van der Waals surface area contributed by atoms with Crippen LogP contribution in [0.1, 0.15) is 25.0 Å². The van der Waals surface area contributed by atoms with Gasteiger partial charge in [-0.25, -0.2) is 4.79 Å². The van der Waals surface area contributed by atoms with Crippen molar-refractivity contribution in [2.75, 3.05) is 13.7 Å². The quantitative estimate of drug-likeness (QED) is 0.593. The molecule has 3 nitrogen and oxygen atoms in total. The van der Waals surface area contributed by atoms with Crippen LogP contribution in [0.4, 0.5) is 0 Å². The van der Waals surface area contributed by atoms with E-state index in [0.29, 0.717) is 6.61 Å². The Balaban J connectivity index is 3.03. The van der Waals surface area contributed by atoms with Gasteiger partial charge in [0.25, 0.3) is 0 Å². The summed E-state index contributed by atoms with van der Waals surface area (Å²) in [5.41, 5.74) is 2.86. The number of carbonyl (C=O) groups is 1. The van der Waals surface area contributed by atoms with Crippen LogP contribution in [0.2, 0.25) is 0 Å². The molecule has 0 aliphatic heterocycles. The van der Waals surface area contributed by atoms with Crippen molar-refractivity contribution in [3.63, 3.8) is 0 Å². The predicted molar refractivity (Wildman–Crippen MR) is 68.0 cm³/mol. The zero-order valence-corrected chi connectivity index (χ0v) is 10.7. The van der Waals surface area contributed by atoms with Gasteiger partial charge in [0, 0.05) is 11.6 Å². The van der Waals surface area contributed by atoms with Gasteiger partial charge < -0.3 is 9.47 Å². The number of allylic oxidation sites excluding steroid dienone is 1. The van der Waals surface area contributed by atoms with Crippen LogP contribution in [0.3, 0.4) is 0 Å². The first-order chi connectivity index (χ1) is 8.08. The van der Waals surface area contributed by atoms with E-state index in [1.165, 1.54) is 6.08 Å². The van der Waals surface area contributed by atoms with Gasteiger partial charge in [-0.3, -0.25) is 0 Å². The molecule has 1 rings (SSSR count). The number of hydrogen-bond acceptors (Lipinski definition) is 3. The lowest BCUT2D eigenvalue weighted by atomic mass is 10.0. The van der Waals surface area contributed by atoms with Crippen molar-refractivity contribution < 1.29 is 14.3 Å². The van der Waals surface area contributed by atoms with Crippen LogP contribution in [-0.2, 0) is 9.53 Å². The molecule has 17 heavy (non-hydrogen) atoms. The average molecular weight is 234 g/mol. The average Bonchev–Trinajstić information content (AvgIpc) is 2.28. The monoisotopic (exact) mass is 234 g/mol. The van der Waals surface area contributed by atoms with E-state index in [-0.39, 0.29) is 5.97 Å². The molecule has 0 aliphatic carbocycles. The summed E-state index contributed by atoms with van der Waals surface area (Å²) in [6.45, 7) is 6.03. The number of aryl methyl sites for hydroxylation is 1. The van der Waals surface area contributed by atoms with E-state index < -0.39 is 0 Å². The normalized spacial score (nSPS) is 11.2. The highest BCUT2D eigenvalue weighted by Gasteiger charge is 2.07. The largest absolute Gasteiger partial charge is 0.496 e. The van der Waals surface area contributed by atoms with Gasteiger partial charge in [0.15, 0.2) is 0 Å². The number of ether oxygens (including phenoxy) is 2. The molecule has 1 aromatic rings. The third kappa shape index (κ3) is 3.63. The molecule has 0 spiro atoms. The fourth-order valence-corrected chi connectivity index (χ4v) is 1.56. The van der Waals surface area contributed by atoms with E-state index >= 15 is 0 Å². The molecule has 0 amide bonds. The molecule has 0 radical (unpaired) electrons. The first-order valence-corrected chi connectivity index (χ1v) is 5.58. The Morgan fingerprint density at radius 2 is 2.12 bits per heavy atom. The third-order valence-electron chi connectivity index (χ3n) is 2.40. The molecule has 0 aliphatic rings. The minimum atomic E-state index is -0.326. The molecule has 0 bridgehead atoms. The van der Waals surface area contributed by atoms with Gasteiger partial charge in [0.1, 0.15) is 5.75 Å². The summed E-state index contributed by atoms with van der Waals surface area (Å²) in [5, 5.41) is 0. The predicted octanol–water partition coefficient (Wildman–Crippen LogP) is 2.97. The van der Waals surface area contributed by atoms with Gasteiger partial charge in [-0.05, 0) is 38.0 Å². The summed E-state index contributed by atoms with van der Waals surface area (Å²) < 4.78 is 10.2. The van der Waals surface area contributed by atoms with Crippen molar-refractivity contribution >= 4 is 11.5 Å². The molecule has 0 heterocycles. The van der Waals surface area contributed by atoms with E-state index in [4.69, 9.17) is 9.47 Å². The van der Waals surface area contributed by atoms with Crippen LogP contribution in [0, 0.1) is 6.92 Å². The molecular formula is C14H18O3. The Morgan fingerprint density at radius 1 is 1.41 bits per heavy atom. The Bertz CT molecular complexity index is 433. The molecule has 3 heteroatoms. The number of carbonyl (C=O) groups excluding carboxylic acids is 1. The molecule has 0 saturated carbocycles. The minimum absolute atomic E-state index is 0.326. The van der Waals surface area contributed by atoms with Crippen LogP contribution < -0.4 is 4.74 Å². The molecule has 0 saturated heterocycles. The van der Waals surface area contributed by atoms with Crippen molar-refractivity contribution in [1.82, 2.24) is 0 Å². The highest BCUT2D eigenvalue weighted by molar-refractivity contribution is 5.91. The van der Waals surface area contributed by atoms with Gasteiger partial charge in [-0.15, -0.1) is 0 Å². The first kappa shape index (κ1) is 13.3. The second-order valence-corrected chi connectivity index (χ2v) is 3.78. The molecule has 0 fully saturated rings. The van der Waals surface area contributed by atoms with Crippen molar-refractivity contribution in [3.05, 3.63) is 35.4 Å². The molecule has 1 aromatic carbocycles. The first-order valence-electron chi connectivity index (χ1n) is 5.58. The number of methoxy groups -OCH3 is 1. The number of rotatable bonds is 4. The van der Waals surface area contributed by atoms with E-state index in [1.54, 1.807) is 14.0 Å². The van der Waals surface area contributed by atoms with Crippen molar-refractivity contribution in [2.24, 2.45) is 0 Å². The Labute approximate surface area is 102 Å². The summed E-state index contributed by atoms with van der Waals surface area (Å²) in [6, 6.07) is 5.87. The summed E-state index contributed by atoms with van der Waals surface area (Å²) in [7, 11) is 1.62. The highest BCUT2D eigenvalue weighted by Crippen LogP contribution is 2.26. The van der Waals surface area contributed by atoms with Gasteiger partial charge in [-0.2, -0.15) is 0 Å². The Hall–Kier alpha value is -1.77. The van der Waals surface area contributed by atoms with Crippen LogP contribution in [0.25, 0.3) is 5.57 Å². The molecule has 0 unspecified atom stereocenters. The second kappa shape index (κ2) is 6.09. The lowest BCUT2D eigenvalue weighted by Gasteiger charge is -2.09. The molecule has 0 aromatic heterocycles. The summed E-state index contributed by atoms with van der Waals surface area (Å²) in [5.74, 6) is 0.440. The summed E-state index contributed by atoms with van der Waals surface area (Å²) in [6.07, 6.45) is 1.48. The van der Waals surface area contributed by atoms with Gasteiger partial charge in [0.05, 0.1) is 13.7 Å². The topological polar surface area (TPSA) is 35.5 Å². The van der Waals surface area contributed by atoms with E-state index in [0.717, 1.165) is 22.4 Å². The molecular weight excluding hydrogens is 216 g/mol. The SMILES string of the molecule is CCOC(=O)/C=C(\C)c1ccc(C)cc1OC. The van der Waals surface area contributed by atoms with E-state index in [1.807, 2.05) is 32.0 Å². The molecule has 92 valence electrons. The standard InChI is InChI=1S/C14H18O3/c1-5-17-14(15)9-11(3)12-7-6-10(2)8-13(12)16-4/h6-9H,5H2,1-4H3/b11-9+. The van der Waals surface area contributed by atoms with E-state index in [9.17, 15) is 4.79 Å². The second-order valence-electron chi connectivity index (χ2n) is 3.78. The summed E-state index contributed by atoms with van der Waals surface area (Å²) >= 11 is 0. The zero-order chi connectivity index (χ0) is 12.8. The summed E-state index contributed by atoms with van der Waals surface area (Å²) in [4.78, 5) is 11.4. The van der Waals surface area contributed by atoms with E-state index in [2.05, 4.69) is 0 Å². The Kier molecular flexibility index (Phi) is 4.76. The fourth-order valence-electron chi connectivity index (χ4n) is 1.56. The van der Waals surface area contributed by atoms with Gasteiger partial charge >= 0.3 is 5.97 Å². The van der Waals surface area contributed by atoms with Crippen LogP contribution in [-0.4, -0.2) is 19.7 Å². The molecule has 0 atom stereocenters. The van der Waals surface area contributed by atoms with Crippen molar-refractivity contribution in [3.8, 4) is 5.75 Å². The maximum absolute atomic E-state index is 11.4. The number of esters is 1. The number of hydrogen-bond donors (Lipinski definition) is 0.